The molecule has 0 aliphatic heterocycles. The summed E-state index contributed by atoms with van der Waals surface area (Å²) >= 11 is 0. The van der Waals surface area contributed by atoms with Gasteiger partial charge in [-0.1, -0.05) is 12.1 Å². The van der Waals surface area contributed by atoms with E-state index in [9.17, 15) is 14.4 Å². The third-order valence-electron chi connectivity index (χ3n) is 2.69. The van der Waals surface area contributed by atoms with E-state index in [4.69, 9.17) is 5.11 Å². The van der Waals surface area contributed by atoms with E-state index in [1.54, 1.807) is 18.2 Å². The molecule has 0 aliphatic rings. The fourth-order valence-corrected chi connectivity index (χ4v) is 1.69. The quantitative estimate of drug-likeness (QED) is 0.773. The van der Waals surface area contributed by atoms with Crippen LogP contribution >= 0.6 is 0 Å². The van der Waals surface area contributed by atoms with E-state index in [-0.39, 0.29) is 17.7 Å². The number of aromatic nitrogens is 1. The number of rotatable bonds is 4. The highest BCUT2D eigenvalue weighted by Crippen LogP contribution is 2.05. The average Bonchev–Trinajstić information content (AvgIpc) is 2.45. The van der Waals surface area contributed by atoms with Crippen LogP contribution in [-0.4, -0.2) is 22.0 Å². The van der Waals surface area contributed by atoms with Crippen LogP contribution in [0.4, 0.5) is 0 Å². The lowest BCUT2D eigenvalue weighted by Crippen LogP contribution is -2.28. The van der Waals surface area contributed by atoms with Crippen molar-refractivity contribution in [3.63, 3.8) is 0 Å². The number of amides is 1. The summed E-state index contributed by atoms with van der Waals surface area (Å²) in [4.78, 5) is 36.5. The molecule has 2 aromatic rings. The zero-order valence-corrected chi connectivity index (χ0v) is 10.4. The van der Waals surface area contributed by atoms with E-state index < -0.39 is 17.4 Å². The lowest BCUT2D eigenvalue weighted by molar-refractivity contribution is 0.0696. The number of aromatic amines is 1. The van der Waals surface area contributed by atoms with Gasteiger partial charge in [0.1, 0.15) is 5.56 Å². The van der Waals surface area contributed by atoms with E-state index in [1.165, 1.54) is 24.4 Å². The van der Waals surface area contributed by atoms with Crippen molar-refractivity contribution >= 4 is 11.9 Å². The second-order valence-electron chi connectivity index (χ2n) is 4.10. The molecular formula is C14H12N2O4. The predicted octanol–water partition coefficient (Wildman–Crippen LogP) is 1.00. The molecule has 1 heterocycles. The summed E-state index contributed by atoms with van der Waals surface area (Å²) in [7, 11) is 0. The first-order chi connectivity index (χ1) is 9.58. The number of benzene rings is 1. The topological polar surface area (TPSA) is 99.3 Å². The molecule has 3 N–H and O–H groups in total. The first-order valence-corrected chi connectivity index (χ1v) is 5.86. The Hall–Kier alpha value is -2.89. The summed E-state index contributed by atoms with van der Waals surface area (Å²) in [6.45, 7) is 0.147. The van der Waals surface area contributed by atoms with E-state index in [2.05, 4.69) is 10.3 Å². The molecule has 0 atom stereocenters. The third kappa shape index (κ3) is 3.11. The maximum atomic E-state index is 11.8. The van der Waals surface area contributed by atoms with Crippen molar-refractivity contribution in [3.05, 3.63) is 69.6 Å². The molecule has 0 bridgehead atoms. The molecule has 0 fully saturated rings. The van der Waals surface area contributed by atoms with Crippen LogP contribution in [0.5, 0.6) is 0 Å². The number of hydrogen-bond acceptors (Lipinski definition) is 3. The van der Waals surface area contributed by atoms with Crippen LogP contribution in [0.2, 0.25) is 0 Å². The van der Waals surface area contributed by atoms with E-state index in [0.717, 1.165) is 0 Å². The first kappa shape index (κ1) is 13.5. The van der Waals surface area contributed by atoms with Crippen LogP contribution in [0, 0.1) is 0 Å². The molecule has 0 unspecified atom stereocenters. The minimum atomic E-state index is -1.03. The van der Waals surface area contributed by atoms with Gasteiger partial charge in [-0.3, -0.25) is 9.59 Å². The molecule has 0 saturated heterocycles. The van der Waals surface area contributed by atoms with Crippen molar-refractivity contribution in [2.75, 3.05) is 0 Å². The Kier molecular flexibility index (Phi) is 3.95. The number of carboxylic acids is 1. The van der Waals surface area contributed by atoms with Crippen molar-refractivity contribution in [2.45, 2.75) is 6.54 Å². The monoisotopic (exact) mass is 272 g/mol. The Bertz CT molecular complexity index is 706. The minimum Gasteiger partial charge on any atom is -0.478 e. The number of carbonyl (C=O) groups excluding carboxylic acids is 1. The number of carbonyl (C=O) groups is 2. The van der Waals surface area contributed by atoms with Crippen LogP contribution in [0.3, 0.4) is 0 Å². The smallest absolute Gasteiger partial charge is 0.335 e. The van der Waals surface area contributed by atoms with Gasteiger partial charge in [-0.2, -0.15) is 0 Å². The summed E-state index contributed by atoms with van der Waals surface area (Å²) in [5, 5.41) is 11.4. The minimum absolute atomic E-state index is 0.0156. The third-order valence-corrected chi connectivity index (χ3v) is 2.69. The Labute approximate surface area is 114 Å². The molecule has 102 valence electrons. The second-order valence-corrected chi connectivity index (χ2v) is 4.10. The maximum Gasteiger partial charge on any atom is 0.335 e. The zero-order chi connectivity index (χ0) is 14.5. The van der Waals surface area contributed by atoms with Crippen molar-refractivity contribution in [1.82, 2.24) is 10.3 Å². The molecule has 1 aromatic heterocycles. The lowest BCUT2D eigenvalue weighted by atomic mass is 10.1. The summed E-state index contributed by atoms with van der Waals surface area (Å²) < 4.78 is 0. The Morgan fingerprint density at radius 1 is 1.20 bits per heavy atom. The van der Waals surface area contributed by atoms with Gasteiger partial charge in [-0.25, -0.2) is 4.79 Å². The van der Waals surface area contributed by atoms with Gasteiger partial charge in [-0.05, 0) is 29.8 Å². The number of carboxylic acid groups (broad SMARTS) is 1. The lowest BCUT2D eigenvalue weighted by Gasteiger charge is -2.05. The average molecular weight is 272 g/mol. The molecule has 0 saturated carbocycles. The number of aromatic carboxylic acids is 1. The standard InChI is InChI=1S/C14H12N2O4/c17-12-11(5-2-6-15-12)13(18)16-8-9-3-1-4-10(7-9)14(19)20/h1-7H,8H2,(H,15,17)(H,16,18)(H,19,20). The normalized spacial score (nSPS) is 10.0. The highest BCUT2D eigenvalue weighted by molar-refractivity contribution is 5.93. The highest BCUT2D eigenvalue weighted by atomic mass is 16.4. The zero-order valence-electron chi connectivity index (χ0n) is 10.4. The molecule has 6 heteroatoms. The fourth-order valence-electron chi connectivity index (χ4n) is 1.69. The van der Waals surface area contributed by atoms with Crippen molar-refractivity contribution in [1.29, 1.82) is 0 Å². The fraction of sp³-hybridized carbons (Fsp3) is 0.0714. The summed E-state index contributed by atoms with van der Waals surface area (Å²) in [5.74, 6) is -1.54. The molecule has 20 heavy (non-hydrogen) atoms. The molecule has 6 nitrogen and oxygen atoms in total. The number of H-pyrrole nitrogens is 1. The second kappa shape index (κ2) is 5.83. The van der Waals surface area contributed by atoms with Crippen LogP contribution in [0.15, 0.2) is 47.4 Å². The summed E-state index contributed by atoms with van der Waals surface area (Å²) in [6.07, 6.45) is 1.44. The molecule has 1 aromatic carbocycles. The van der Waals surface area contributed by atoms with Gasteiger partial charge < -0.3 is 15.4 Å². The summed E-state index contributed by atoms with van der Waals surface area (Å²) in [6, 6.07) is 9.21. The SMILES string of the molecule is O=C(O)c1cccc(CNC(=O)c2ccc[nH]c2=O)c1. The molecule has 0 spiro atoms. The largest absolute Gasteiger partial charge is 0.478 e. The van der Waals surface area contributed by atoms with E-state index in [1.807, 2.05) is 0 Å². The summed E-state index contributed by atoms with van der Waals surface area (Å²) in [5.41, 5.74) is 0.339. The van der Waals surface area contributed by atoms with Gasteiger partial charge >= 0.3 is 5.97 Å². The first-order valence-electron chi connectivity index (χ1n) is 5.86. The Balaban J connectivity index is 2.08. The van der Waals surface area contributed by atoms with Crippen molar-refractivity contribution < 1.29 is 14.7 Å². The van der Waals surface area contributed by atoms with Crippen LogP contribution in [0.1, 0.15) is 26.3 Å². The maximum absolute atomic E-state index is 11.8. The van der Waals surface area contributed by atoms with Crippen LogP contribution < -0.4 is 10.9 Å². The van der Waals surface area contributed by atoms with Crippen molar-refractivity contribution in [3.8, 4) is 0 Å². The Morgan fingerprint density at radius 2 is 2.00 bits per heavy atom. The predicted molar refractivity (Wildman–Crippen MR) is 71.6 cm³/mol. The van der Waals surface area contributed by atoms with Gasteiger partial charge in [0.25, 0.3) is 11.5 Å². The van der Waals surface area contributed by atoms with Gasteiger partial charge in [-0.15, -0.1) is 0 Å². The van der Waals surface area contributed by atoms with Gasteiger partial charge in [0.2, 0.25) is 0 Å². The van der Waals surface area contributed by atoms with Gasteiger partial charge in [0.05, 0.1) is 5.56 Å². The molecule has 1 amide bonds. The van der Waals surface area contributed by atoms with Crippen LogP contribution in [-0.2, 0) is 6.54 Å². The number of hydrogen-bond donors (Lipinski definition) is 3. The highest BCUT2D eigenvalue weighted by Gasteiger charge is 2.09. The Morgan fingerprint density at radius 3 is 2.70 bits per heavy atom. The van der Waals surface area contributed by atoms with Crippen molar-refractivity contribution in [2.24, 2.45) is 0 Å². The van der Waals surface area contributed by atoms with E-state index >= 15 is 0 Å². The molecule has 0 aliphatic carbocycles. The molecule has 0 radical (unpaired) electrons. The molecule has 2 rings (SSSR count). The van der Waals surface area contributed by atoms with Gasteiger partial charge in [0, 0.05) is 12.7 Å². The van der Waals surface area contributed by atoms with Gasteiger partial charge in [0.15, 0.2) is 0 Å². The number of pyridine rings is 1. The van der Waals surface area contributed by atoms with Crippen LogP contribution in [0.25, 0.3) is 0 Å². The number of nitrogens with one attached hydrogen (secondary N) is 2. The molecular weight excluding hydrogens is 260 g/mol. The van der Waals surface area contributed by atoms with E-state index in [0.29, 0.717) is 5.56 Å².